The highest BCUT2D eigenvalue weighted by molar-refractivity contribution is 5.96. The van der Waals surface area contributed by atoms with Crippen LogP contribution in [0.3, 0.4) is 0 Å². The molecule has 5 aliphatic rings. The Labute approximate surface area is 198 Å². The fraction of sp³-hybridized carbons (Fsp3) is 0.414. The number of rotatable bonds is 4. The van der Waals surface area contributed by atoms with E-state index in [-0.39, 0.29) is 27.7 Å². The smallest absolute Gasteiger partial charge is 0.269 e. The first-order chi connectivity index (χ1) is 16.5. The van der Waals surface area contributed by atoms with E-state index in [0.29, 0.717) is 17.8 Å². The van der Waals surface area contributed by atoms with Crippen LogP contribution in [0.25, 0.3) is 10.8 Å². The van der Waals surface area contributed by atoms with Crippen LogP contribution in [0.1, 0.15) is 55.6 Å². The fourth-order valence-electron chi connectivity index (χ4n) is 8.15. The highest BCUT2D eigenvalue weighted by atomic mass is 16.6. The molecule has 8 rings (SSSR count). The minimum absolute atomic E-state index is 0.0483. The van der Waals surface area contributed by atoms with Crippen molar-refractivity contribution < 1.29 is 14.5 Å². The maximum absolute atomic E-state index is 14.4. The summed E-state index contributed by atoms with van der Waals surface area (Å²) in [5.41, 5.74) is 1.53. The number of nitrogens with zero attached hydrogens (tertiary/aromatic N) is 1. The van der Waals surface area contributed by atoms with Gasteiger partial charge in [0.15, 0.2) is 11.9 Å². The first kappa shape index (κ1) is 20.2. The molecule has 1 aliphatic heterocycles. The number of nitro benzene ring substituents is 1. The topological polar surface area (TPSA) is 69.4 Å². The fourth-order valence-corrected chi connectivity index (χ4v) is 8.15. The molecule has 1 heterocycles. The number of hydrogen-bond acceptors (Lipinski definition) is 4. The molecule has 0 radical (unpaired) electrons. The van der Waals surface area contributed by atoms with Gasteiger partial charge in [-0.25, -0.2) is 0 Å². The van der Waals surface area contributed by atoms with Gasteiger partial charge in [0.05, 0.1) is 10.8 Å². The summed E-state index contributed by atoms with van der Waals surface area (Å²) < 4.78 is 6.51. The van der Waals surface area contributed by atoms with Crippen LogP contribution in [-0.2, 0) is 4.79 Å². The second-order valence-corrected chi connectivity index (χ2v) is 11.1. The lowest BCUT2D eigenvalue weighted by Crippen LogP contribution is -2.54. The molecular weight excluding hydrogens is 426 g/mol. The molecule has 3 aromatic carbocycles. The van der Waals surface area contributed by atoms with E-state index in [2.05, 4.69) is 12.1 Å². The number of Topliss-reactive ketones (excluding diaryl/α,β-unsaturated/α-hetero) is 1. The zero-order valence-electron chi connectivity index (χ0n) is 19.0. The lowest BCUT2D eigenvalue weighted by Gasteiger charge is -2.56. The summed E-state index contributed by atoms with van der Waals surface area (Å²) in [5, 5.41) is 13.7. The molecule has 4 fully saturated rings. The van der Waals surface area contributed by atoms with Crippen molar-refractivity contribution in [3.8, 4) is 5.75 Å². The van der Waals surface area contributed by atoms with Crippen LogP contribution >= 0.6 is 0 Å². The van der Waals surface area contributed by atoms with Crippen molar-refractivity contribution in [2.45, 2.75) is 50.5 Å². The van der Waals surface area contributed by atoms with Crippen LogP contribution < -0.4 is 4.74 Å². The monoisotopic (exact) mass is 453 g/mol. The maximum Gasteiger partial charge on any atom is 0.269 e. The van der Waals surface area contributed by atoms with E-state index >= 15 is 0 Å². The van der Waals surface area contributed by atoms with Crippen molar-refractivity contribution in [2.75, 3.05) is 0 Å². The normalized spacial score (nSPS) is 33.0. The third-order valence-electron chi connectivity index (χ3n) is 9.06. The summed E-state index contributed by atoms with van der Waals surface area (Å²) in [7, 11) is 0. The van der Waals surface area contributed by atoms with Gasteiger partial charge in [0.1, 0.15) is 5.75 Å². The van der Waals surface area contributed by atoms with Crippen LogP contribution in [-0.4, -0.2) is 16.8 Å². The van der Waals surface area contributed by atoms with Gasteiger partial charge in [-0.1, -0.05) is 42.5 Å². The molecule has 5 heteroatoms. The van der Waals surface area contributed by atoms with Gasteiger partial charge in [-0.3, -0.25) is 14.9 Å². The summed E-state index contributed by atoms with van der Waals surface area (Å²) in [4.78, 5) is 25.7. The lowest BCUT2D eigenvalue weighted by atomic mass is 9.48. The van der Waals surface area contributed by atoms with Gasteiger partial charge in [0, 0.05) is 23.1 Å². The average molecular weight is 454 g/mol. The SMILES string of the molecule is O=C([C@H]1Oc2ccc3ccccc3c2[C@@H]1c1cccc([N+](=O)[O-])c1)C12CC3CC(CC(C3)C1)C2. The first-order valence-corrected chi connectivity index (χ1v) is 12.5. The van der Waals surface area contributed by atoms with E-state index in [0.717, 1.165) is 46.9 Å². The van der Waals surface area contributed by atoms with Crippen molar-refractivity contribution in [3.05, 3.63) is 81.9 Å². The molecule has 4 saturated carbocycles. The Balaban J connectivity index is 1.38. The molecule has 0 amide bonds. The molecule has 0 spiro atoms. The van der Waals surface area contributed by atoms with Crippen molar-refractivity contribution in [3.63, 3.8) is 0 Å². The molecule has 4 bridgehead atoms. The van der Waals surface area contributed by atoms with Crippen LogP contribution in [0.15, 0.2) is 60.7 Å². The van der Waals surface area contributed by atoms with E-state index in [1.807, 2.05) is 30.3 Å². The van der Waals surface area contributed by atoms with Gasteiger partial charge < -0.3 is 4.74 Å². The Bertz CT molecular complexity index is 1310. The molecule has 5 nitrogen and oxygen atoms in total. The van der Waals surface area contributed by atoms with Gasteiger partial charge in [-0.05, 0) is 78.7 Å². The van der Waals surface area contributed by atoms with Crippen molar-refractivity contribution in [2.24, 2.45) is 23.2 Å². The van der Waals surface area contributed by atoms with Crippen LogP contribution in [0.4, 0.5) is 5.69 Å². The summed E-state index contributed by atoms with van der Waals surface area (Å²) in [6.45, 7) is 0. The highest BCUT2D eigenvalue weighted by Gasteiger charge is 2.58. The molecule has 4 aliphatic carbocycles. The van der Waals surface area contributed by atoms with Gasteiger partial charge in [-0.15, -0.1) is 0 Å². The van der Waals surface area contributed by atoms with E-state index < -0.39 is 6.10 Å². The third kappa shape index (κ3) is 2.88. The number of benzene rings is 3. The van der Waals surface area contributed by atoms with Crippen LogP contribution in [0.5, 0.6) is 5.75 Å². The molecule has 0 N–H and O–H groups in total. The predicted octanol–water partition coefficient (Wildman–Crippen LogP) is 6.43. The quantitative estimate of drug-likeness (QED) is 0.337. The van der Waals surface area contributed by atoms with Crippen molar-refractivity contribution in [1.29, 1.82) is 0 Å². The Hall–Kier alpha value is -3.21. The summed E-state index contributed by atoms with van der Waals surface area (Å²) >= 11 is 0. The summed E-state index contributed by atoms with van der Waals surface area (Å²) in [6, 6.07) is 18.9. The number of ether oxygens (including phenoxy) is 1. The number of non-ortho nitro benzene ring substituents is 1. The lowest BCUT2D eigenvalue weighted by molar-refractivity contribution is -0.384. The summed E-state index contributed by atoms with van der Waals surface area (Å²) in [6.07, 6.45) is 6.13. The first-order valence-electron chi connectivity index (χ1n) is 12.5. The zero-order chi connectivity index (χ0) is 23.0. The highest BCUT2D eigenvalue weighted by Crippen LogP contribution is 2.62. The zero-order valence-corrected chi connectivity index (χ0v) is 19.0. The average Bonchev–Trinajstić information content (AvgIpc) is 3.23. The molecule has 172 valence electrons. The van der Waals surface area contributed by atoms with Gasteiger partial charge in [0.2, 0.25) is 0 Å². The number of nitro groups is 1. The Morgan fingerprint density at radius 2 is 1.62 bits per heavy atom. The molecule has 0 aromatic heterocycles. The Kier molecular flexibility index (Phi) is 4.24. The number of hydrogen-bond donors (Lipinski definition) is 0. The van der Waals surface area contributed by atoms with E-state index in [9.17, 15) is 14.9 Å². The van der Waals surface area contributed by atoms with E-state index in [1.54, 1.807) is 12.1 Å². The molecule has 2 atom stereocenters. The maximum atomic E-state index is 14.4. The van der Waals surface area contributed by atoms with Crippen LogP contribution in [0.2, 0.25) is 0 Å². The molecule has 34 heavy (non-hydrogen) atoms. The van der Waals surface area contributed by atoms with E-state index in [4.69, 9.17) is 4.74 Å². The second-order valence-electron chi connectivity index (χ2n) is 11.1. The largest absolute Gasteiger partial charge is 0.481 e. The Morgan fingerprint density at radius 3 is 2.32 bits per heavy atom. The van der Waals surface area contributed by atoms with Crippen molar-refractivity contribution >= 4 is 22.2 Å². The van der Waals surface area contributed by atoms with Gasteiger partial charge in [0.25, 0.3) is 5.69 Å². The minimum atomic E-state index is -0.640. The number of ketones is 1. The predicted molar refractivity (Wildman–Crippen MR) is 129 cm³/mol. The molecular formula is C29H27NO4. The number of carbonyl (C=O) groups is 1. The van der Waals surface area contributed by atoms with Gasteiger partial charge >= 0.3 is 0 Å². The van der Waals surface area contributed by atoms with Crippen LogP contribution in [0, 0.1) is 33.3 Å². The summed E-state index contributed by atoms with van der Waals surface area (Å²) in [5.74, 6) is 2.60. The van der Waals surface area contributed by atoms with Gasteiger partial charge in [-0.2, -0.15) is 0 Å². The minimum Gasteiger partial charge on any atom is -0.481 e. The van der Waals surface area contributed by atoms with Crippen molar-refractivity contribution in [1.82, 2.24) is 0 Å². The second kappa shape index (κ2) is 7.14. The third-order valence-corrected chi connectivity index (χ3v) is 9.06. The van der Waals surface area contributed by atoms with E-state index in [1.165, 1.54) is 25.3 Å². The Morgan fingerprint density at radius 1 is 0.912 bits per heavy atom. The molecule has 0 saturated heterocycles. The molecule has 0 unspecified atom stereocenters. The number of carbonyl (C=O) groups excluding carboxylic acids is 1. The molecule has 3 aromatic rings. The standard InChI is InChI=1S/C29H27NO4/c31-28(29-14-17-10-18(15-29)12-19(11-17)16-29)27-25(21-5-3-6-22(13-21)30(32)33)26-23-7-2-1-4-20(23)8-9-24(26)34-27/h1-9,13,17-19,25,27H,10-12,14-16H2/t17?,18?,19?,25-,27-,29?/m0/s1. The number of fused-ring (bicyclic) bond motifs is 3.